The van der Waals surface area contributed by atoms with E-state index in [1.807, 2.05) is 0 Å². The first kappa shape index (κ1) is 8.08. The summed E-state index contributed by atoms with van der Waals surface area (Å²) in [6.07, 6.45) is 3.64. The molecule has 0 aromatic rings. The second-order valence-corrected chi connectivity index (χ2v) is 5.35. The van der Waals surface area contributed by atoms with Crippen LogP contribution in [-0.4, -0.2) is 30.2 Å². The van der Waals surface area contributed by atoms with Gasteiger partial charge in [-0.1, -0.05) is 0 Å². The maximum absolute atomic E-state index is 10.1. The van der Waals surface area contributed by atoms with Crippen LogP contribution in [0.15, 0.2) is 0 Å². The molecule has 4 aliphatic rings. The van der Waals surface area contributed by atoms with Gasteiger partial charge in [0.2, 0.25) is 0 Å². The van der Waals surface area contributed by atoms with Gasteiger partial charge in [0, 0.05) is 0 Å². The molecular weight excluding hydrogens is 180 g/mol. The summed E-state index contributed by atoms with van der Waals surface area (Å²) in [5.74, 6) is 2.66. The second kappa shape index (κ2) is 2.52. The zero-order valence-corrected chi connectivity index (χ0v) is 8.13. The minimum Gasteiger partial charge on any atom is -0.388 e. The normalized spacial score (nSPS) is 64.5. The molecule has 3 heteroatoms. The average molecular weight is 196 g/mol. The third-order valence-electron chi connectivity index (χ3n) is 4.88. The monoisotopic (exact) mass is 196 g/mol. The van der Waals surface area contributed by atoms with Gasteiger partial charge in [-0.25, -0.2) is 0 Å². The molecule has 0 spiro atoms. The molecule has 4 bridgehead atoms. The maximum atomic E-state index is 10.1. The Morgan fingerprint density at radius 1 is 1.07 bits per heavy atom. The Labute approximate surface area is 83.4 Å². The lowest BCUT2D eigenvalue weighted by Crippen LogP contribution is -2.49. The Bertz CT molecular complexity index is 257. The quantitative estimate of drug-likeness (QED) is 0.622. The van der Waals surface area contributed by atoms with Gasteiger partial charge in [0.15, 0.2) is 6.29 Å². The average Bonchev–Trinajstić information content (AvgIpc) is 2.89. The molecule has 7 atom stereocenters. The van der Waals surface area contributed by atoms with E-state index in [0.717, 1.165) is 11.8 Å². The van der Waals surface area contributed by atoms with Crippen LogP contribution >= 0.6 is 0 Å². The van der Waals surface area contributed by atoms with E-state index in [1.54, 1.807) is 0 Å². The Hall–Kier alpha value is -0.120. The molecule has 0 aromatic carbocycles. The molecule has 2 heterocycles. The lowest BCUT2D eigenvalue weighted by Gasteiger charge is -2.41. The minimum absolute atomic E-state index is 0.295. The van der Waals surface area contributed by atoms with Gasteiger partial charge in [0.1, 0.15) is 6.10 Å². The van der Waals surface area contributed by atoms with Crippen molar-refractivity contribution in [3.63, 3.8) is 0 Å². The van der Waals surface area contributed by atoms with Crippen LogP contribution in [-0.2, 0) is 9.47 Å². The molecule has 14 heavy (non-hydrogen) atoms. The van der Waals surface area contributed by atoms with Crippen molar-refractivity contribution in [1.29, 1.82) is 0 Å². The summed E-state index contributed by atoms with van der Waals surface area (Å²) in [7, 11) is 0. The van der Waals surface area contributed by atoms with E-state index in [4.69, 9.17) is 9.47 Å². The topological polar surface area (TPSA) is 38.7 Å². The fourth-order valence-corrected chi connectivity index (χ4v) is 4.44. The molecule has 2 aliphatic heterocycles. The lowest BCUT2D eigenvalue weighted by atomic mass is 9.72. The molecule has 78 valence electrons. The maximum Gasteiger partial charge on any atom is 0.184 e. The van der Waals surface area contributed by atoms with Crippen LogP contribution in [0.5, 0.6) is 0 Å². The molecule has 4 unspecified atom stereocenters. The van der Waals surface area contributed by atoms with Gasteiger partial charge in [0.25, 0.3) is 0 Å². The van der Waals surface area contributed by atoms with E-state index < -0.39 is 0 Å². The highest BCUT2D eigenvalue weighted by molar-refractivity contribution is 5.06. The highest BCUT2D eigenvalue weighted by atomic mass is 16.7. The van der Waals surface area contributed by atoms with Gasteiger partial charge >= 0.3 is 0 Å². The molecule has 2 saturated carbocycles. The van der Waals surface area contributed by atoms with Crippen LogP contribution < -0.4 is 0 Å². The Morgan fingerprint density at radius 2 is 1.86 bits per heavy atom. The number of fused-ring (bicyclic) bond motifs is 8. The predicted octanol–water partition coefficient (Wildman–Crippen LogP) is 0.765. The lowest BCUT2D eigenvalue weighted by molar-refractivity contribution is -0.202. The molecule has 2 saturated heterocycles. The van der Waals surface area contributed by atoms with Gasteiger partial charge in [-0.15, -0.1) is 0 Å². The van der Waals surface area contributed by atoms with Crippen LogP contribution in [0, 0.1) is 23.7 Å². The SMILES string of the molecule is O[C@H]1C2OCC(O2)C2C1[C@@H]1CC[C@H]2C1. The summed E-state index contributed by atoms with van der Waals surface area (Å²) in [4.78, 5) is 0. The fraction of sp³-hybridized carbons (Fsp3) is 1.00. The van der Waals surface area contributed by atoms with Crippen LogP contribution in [0.4, 0.5) is 0 Å². The van der Waals surface area contributed by atoms with Gasteiger partial charge in [-0.3, -0.25) is 0 Å². The highest BCUT2D eigenvalue weighted by Gasteiger charge is 2.60. The predicted molar refractivity (Wildman–Crippen MR) is 48.4 cm³/mol. The second-order valence-electron chi connectivity index (χ2n) is 5.35. The molecule has 0 radical (unpaired) electrons. The molecule has 0 amide bonds. The van der Waals surface area contributed by atoms with E-state index in [-0.39, 0.29) is 12.4 Å². The number of hydrogen-bond acceptors (Lipinski definition) is 3. The number of aliphatic hydroxyl groups excluding tert-OH is 1. The third-order valence-corrected chi connectivity index (χ3v) is 4.88. The van der Waals surface area contributed by atoms with Gasteiger partial charge < -0.3 is 14.6 Å². The number of hydrogen-bond donors (Lipinski definition) is 1. The van der Waals surface area contributed by atoms with Crippen molar-refractivity contribution in [3.8, 4) is 0 Å². The Kier molecular flexibility index (Phi) is 1.45. The van der Waals surface area contributed by atoms with E-state index in [2.05, 4.69) is 0 Å². The van der Waals surface area contributed by atoms with Crippen LogP contribution in [0.1, 0.15) is 19.3 Å². The zero-order valence-electron chi connectivity index (χ0n) is 8.13. The summed E-state index contributed by atoms with van der Waals surface area (Å²) in [6, 6.07) is 0. The minimum atomic E-state index is -0.353. The van der Waals surface area contributed by atoms with Crippen molar-refractivity contribution in [1.82, 2.24) is 0 Å². The smallest absolute Gasteiger partial charge is 0.184 e. The van der Waals surface area contributed by atoms with Crippen molar-refractivity contribution in [2.24, 2.45) is 23.7 Å². The van der Waals surface area contributed by atoms with E-state index in [9.17, 15) is 5.11 Å². The standard InChI is InChI=1S/C11H16O3/c12-10-9-6-2-1-5(3-6)8(9)7-4-13-11(10)14-7/h5-12H,1-4H2/t5-,6+,7?,8?,9?,10+,11?/m0/s1. The highest BCUT2D eigenvalue weighted by Crippen LogP contribution is 2.58. The van der Waals surface area contributed by atoms with Crippen LogP contribution in [0.2, 0.25) is 0 Å². The number of rotatable bonds is 0. The first-order valence-corrected chi connectivity index (χ1v) is 5.80. The van der Waals surface area contributed by atoms with Crippen LogP contribution in [0.3, 0.4) is 0 Å². The van der Waals surface area contributed by atoms with Crippen LogP contribution in [0.25, 0.3) is 0 Å². The van der Waals surface area contributed by atoms with Gasteiger partial charge in [-0.05, 0) is 42.9 Å². The summed E-state index contributed by atoms with van der Waals surface area (Å²) < 4.78 is 11.2. The molecular formula is C11H16O3. The number of aliphatic hydroxyl groups is 1. The first-order valence-electron chi connectivity index (χ1n) is 5.80. The Balaban J connectivity index is 1.74. The Morgan fingerprint density at radius 3 is 2.71 bits per heavy atom. The summed E-state index contributed by atoms with van der Waals surface area (Å²) in [6.45, 7) is 0.714. The fourth-order valence-electron chi connectivity index (χ4n) is 4.44. The van der Waals surface area contributed by atoms with Gasteiger partial charge in [-0.2, -0.15) is 0 Å². The first-order chi connectivity index (χ1) is 6.84. The molecule has 4 fully saturated rings. The molecule has 3 nitrogen and oxygen atoms in total. The molecule has 0 aromatic heterocycles. The van der Waals surface area contributed by atoms with Gasteiger partial charge in [0.05, 0.1) is 12.7 Å². The molecule has 4 rings (SSSR count). The molecule has 2 aliphatic carbocycles. The number of ether oxygens (including phenoxy) is 2. The largest absolute Gasteiger partial charge is 0.388 e. The summed E-state index contributed by atoms with van der Waals surface area (Å²) >= 11 is 0. The van der Waals surface area contributed by atoms with Crippen molar-refractivity contribution in [2.75, 3.05) is 6.61 Å². The third kappa shape index (κ3) is 0.802. The summed E-state index contributed by atoms with van der Waals surface area (Å²) in [5, 5.41) is 10.1. The van der Waals surface area contributed by atoms with E-state index >= 15 is 0 Å². The van der Waals surface area contributed by atoms with Crippen molar-refractivity contribution >= 4 is 0 Å². The molecule has 1 N–H and O–H groups in total. The van der Waals surface area contributed by atoms with E-state index in [0.29, 0.717) is 24.5 Å². The zero-order chi connectivity index (χ0) is 9.28. The van der Waals surface area contributed by atoms with E-state index in [1.165, 1.54) is 19.3 Å². The van der Waals surface area contributed by atoms with Crippen molar-refractivity contribution in [3.05, 3.63) is 0 Å². The summed E-state index contributed by atoms with van der Waals surface area (Å²) in [5.41, 5.74) is 0. The van der Waals surface area contributed by atoms with Crippen molar-refractivity contribution < 1.29 is 14.6 Å². The van der Waals surface area contributed by atoms with Crippen molar-refractivity contribution in [2.45, 2.75) is 37.8 Å².